The summed E-state index contributed by atoms with van der Waals surface area (Å²) in [6.45, 7) is 4.41. The summed E-state index contributed by atoms with van der Waals surface area (Å²) in [5.74, 6) is -1.19. The maximum atomic E-state index is 12.9. The molecule has 1 rings (SSSR count). The van der Waals surface area contributed by atoms with E-state index in [9.17, 15) is 13.2 Å². The highest BCUT2D eigenvalue weighted by molar-refractivity contribution is 4.98. The van der Waals surface area contributed by atoms with E-state index >= 15 is 0 Å². The first-order chi connectivity index (χ1) is 8.27. The van der Waals surface area contributed by atoms with Crippen molar-refractivity contribution in [1.29, 1.82) is 0 Å². The number of hydrogen-bond acceptors (Lipinski definition) is 2. The Labute approximate surface area is 108 Å². The van der Waals surface area contributed by atoms with Crippen LogP contribution in [0.25, 0.3) is 0 Å². The van der Waals surface area contributed by atoms with Crippen molar-refractivity contribution < 1.29 is 13.2 Å². The van der Waals surface area contributed by atoms with Gasteiger partial charge < -0.3 is 5.73 Å². The van der Waals surface area contributed by atoms with Gasteiger partial charge in [-0.05, 0) is 39.7 Å². The third kappa shape index (κ3) is 3.18. The van der Waals surface area contributed by atoms with Crippen molar-refractivity contribution in [2.24, 2.45) is 11.7 Å². The fourth-order valence-corrected chi connectivity index (χ4v) is 3.01. The fraction of sp³-hybridized carbons (Fsp3) is 1.00. The van der Waals surface area contributed by atoms with Crippen molar-refractivity contribution >= 4 is 0 Å². The van der Waals surface area contributed by atoms with Crippen LogP contribution in [0.15, 0.2) is 0 Å². The summed E-state index contributed by atoms with van der Waals surface area (Å²) in [6, 6.07) is 0.264. The SMILES string of the molecule is CCC(C)N(C)C1(CN)CCCC(C(F)(F)F)C1. The van der Waals surface area contributed by atoms with E-state index in [0.29, 0.717) is 13.0 Å². The molecular formula is C13H25F3N2. The third-order valence-corrected chi connectivity index (χ3v) is 4.66. The molecule has 0 aromatic rings. The summed E-state index contributed by atoms with van der Waals surface area (Å²) in [5.41, 5.74) is 5.35. The molecule has 108 valence electrons. The van der Waals surface area contributed by atoms with Gasteiger partial charge in [0.05, 0.1) is 5.92 Å². The van der Waals surface area contributed by atoms with Crippen molar-refractivity contribution in [1.82, 2.24) is 4.90 Å². The third-order valence-electron chi connectivity index (χ3n) is 4.66. The number of hydrogen-bond donors (Lipinski definition) is 1. The minimum atomic E-state index is -4.09. The number of nitrogens with zero attached hydrogens (tertiary/aromatic N) is 1. The van der Waals surface area contributed by atoms with Gasteiger partial charge in [-0.25, -0.2) is 0 Å². The average molecular weight is 266 g/mol. The molecule has 0 amide bonds. The molecule has 5 heteroatoms. The van der Waals surface area contributed by atoms with Crippen molar-refractivity contribution in [3.05, 3.63) is 0 Å². The normalized spacial score (nSPS) is 31.7. The maximum absolute atomic E-state index is 12.9. The van der Waals surface area contributed by atoms with Crippen LogP contribution in [0.2, 0.25) is 0 Å². The summed E-state index contributed by atoms with van der Waals surface area (Å²) in [7, 11) is 1.92. The Balaban J connectivity index is 2.87. The van der Waals surface area contributed by atoms with Gasteiger partial charge in [0, 0.05) is 18.1 Å². The molecule has 1 aliphatic carbocycles. The fourth-order valence-electron chi connectivity index (χ4n) is 3.01. The van der Waals surface area contributed by atoms with Crippen LogP contribution in [-0.4, -0.2) is 36.2 Å². The van der Waals surface area contributed by atoms with Gasteiger partial charge in [-0.2, -0.15) is 13.2 Å². The predicted octanol–water partition coefficient (Wildman–Crippen LogP) is 3.17. The summed E-state index contributed by atoms with van der Waals surface area (Å²) < 4.78 is 38.7. The largest absolute Gasteiger partial charge is 0.391 e. The van der Waals surface area contributed by atoms with Crippen molar-refractivity contribution in [2.45, 2.75) is 63.7 Å². The molecular weight excluding hydrogens is 241 g/mol. The van der Waals surface area contributed by atoms with Gasteiger partial charge in [0.25, 0.3) is 0 Å². The second-order valence-electron chi connectivity index (χ2n) is 5.63. The van der Waals surface area contributed by atoms with E-state index in [2.05, 4.69) is 18.7 Å². The first-order valence-corrected chi connectivity index (χ1v) is 6.76. The van der Waals surface area contributed by atoms with E-state index < -0.39 is 17.6 Å². The summed E-state index contributed by atoms with van der Waals surface area (Å²) >= 11 is 0. The second kappa shape index (κ2) is 5.78. The number of nitrogens with two attached hydrogens (primary N) is 1. The molecule has 3 unspecified atom stereocenters. The molecule has 0 aliphatic heterocycles. The highest BCUT2D eigenvalue weighted by atomic mass is 19.4. The molecule has 0 aromatic carbocycles. The number of rotatable bonds is 4. The highest BCUT2D eigenvalue weighted by Crippen LogP contribution is 2.44. The summed E-state index contributed by atoms with van der Waals surface area (Å²) in [4.78, 5) is 2.07. The molecule has 0 aromatic heterocycles. The second-order valence-corrected chi connectivity index (χ2v) is 5.63. The van der Waals surface area contributed by atoms with Gasteiger partial charge in [-0.15, -0.1) is 0 Å². The molecule has 1 aliphatic rings. The number of likely N-dealkylation sites (N-methyl/N-ethyl adjacent to an activating group) is 1. The van der Waals surface area contributed by atoms with E-state index in [4.69, 9.17) is 5.73 Å². The van der Waals surface area contributed by atoms with Crippen LogP contribution < -0.4 is 5.73 Å². The molecule has 1 fully saturated rings. The quantitative estimate of drug-likeness (QED) is 0.847. The van der Waals surface area contributed by atoms with Crippen LogP contribution in [0.1, 0.15) is 46.0 Å². The first kappa shape index (κ1) is 15.8. The molecule has 0 heterocycles. The molecule has 0 saturated heterocycles. The zero-order valence-corrected chi connectivity index (χ0v) is 11.6. The Morgan fingerprint density at radius 1 is 1.44 bits per heavy atom. The van der Waals surface area contributed by atoms with Crippen molar-refractivity contribution in [3.8, 4) is 0 Å². The van der Waals surface area contributed by atoms with E-state index in [1.165, 1.54) is 0 Å². The Hall–Kier alpha value is -0.290. The van der Waals surface area contributed by atoms with Crippen LogP contribution in [-0.2, 0) is 0 Å². The number of halogens is 3. The predicted molar refractivity (Wildman–Crippen MR) is 67.3 cm³/mol. The van der Waals surface area contributed by atoms with Crippen molar-refractivity contribution in [2.75, 3.05) is 13.6 Å². The van der Waals surface area contributed by atoms with Crippen LogP contribution in [0, 0.1) is 5.92 Å². The van der Waals surface area contributed by atoms with E-state index in [-0.39, 0.29) is 18.9 Å². The standard InChI is InChI=1S/C13H25F3N2/c1-4-10(2)18(3)12(9-17)7-5-6-11(8-12)13(14,15)16/h10-11H,4-9,17H2,1-3H3. The Kier molecular flexibility index (Phi) is 5.06. The van der Waals surface area contributed by atoms with E-state index in [1.807, 2.05) is 7.05 Å². The van der Waals surface area contributed by atoms with Crippen LogP contribution in [0.5, 0.6) is 0 Å². The monoisotopic (exact) mass is 266 g/mol. The van der Waals surface area contributed by atoms with Gasteiger partial charge in [0.2, 0.25) is 0 Å². The van der Waals surface area contributed by atoms with Crippen LogP contribution in [0.3, 0.4) is 0 Å². The topological polar surface area (TPSA) is 29.3 Å². The van der Waals surface area contributed by atoms with Gasteiger partial charge >= 0.3 is 6.18 Å². The lowest BCUT2D eigenvalue weighted by molar-refractivity contribution is -0.194. The van der Waals surface area contributed by atoms with Crippen LogP contribution >= 0.6 is 0 Å². The lowest BCUT2D eigenvalue weighted by atomic mass is 9.74. The van der Waals surface area contributed by atoms with Gasteiger partial charge in [-0.3, -0.25) is 4.90 Å². The Morgan fingerprint density at radius 3 is 2.50 bits per heavy atom. The maximum Gasteiger partial charge on any atom is 0.391 e. The zero-order valence-electron chi connectivity index (χ0n) is 11.6. The lowest BCUT2D eigenvalue weighted by Crippen LogP contribution is -2.58. The minimum absolute atomic E-state index is 0.147. The Morgan fingerprint density at radius 2 is 2.06 bits per heavy atom. The smallest absolute Gasteiger partial charge is 0.329 e. The molecule has 2 N–H and O–H groups in total. The van der Waals surface area contributed by atoms with Crippen LogP contribution in [0.4, 0.5) is 13.2 Å². The first-order valence-electron chi connectivity index (χ1n) is 6.76. The van der Waals surface area contributed by atoms with Crippen molar-refractivity contribution in [3.63, 3.8) is 0 Å². The zero-order chi connectivity index (χ0) is 14.0. The average Bonchev–Trinajstić information content (AvgIpc) is 2.35. The molecule has 0 bridgehead atoms. The molecule has 1 saturated carbocycles. The number of alkyl halides is 3. The van der Waals surface area contributed by atoms with E-state index in [0.717, 1.165) is 12.8 Å². The van der Waals surface area contributed by atoms with Gasteiger partial charge in [0.15, 0.2) is 0 Å². The molecule has 3 atom stereocenters. The summed E-state index contributed by atoms with van der Waals surface area (Å²) in [6.07, 6.45) is -1.38. The molecule has 0 spiro atoms. The van der Waals surface area contributed by atoms with E-state index in [1.54, 1.807) is 0 Å². The minimum Gasteiger partial charge on any atom is -0.329 e. The Bertz CT molecular complexity index is 267. The molecule has 2 nitrogen and oxygen atoms in total. The molecule has 0 radical (unpaired) electrons. The molecule has 18 heavy (non-hydrogen) atoms. The van der Waals surface area contributed by atoms with Gasteiger partial charge in [0.1, 0.15) is 0 Å². The van der Waals surface area contributed by atoms with Gasteiger partial charge in [-0.1, -0.05) is 13.3 Å². The lowest BCUT2D eigenvalue weighted by Gasteiger charge is -2.49. The highest BCUT2D eigenvalue weighted by Gasteiger charge is 2.49. The summed E-state index contributed by atoms with van der Waals surface area (Å²) in [5, 5.41) is 0.